The first kappa shape index (κ1) is 19.2. The Morgan fingerprint density at radius 2 is 2.19 bits per heavy atom. The Kier molecular flexibility index (Phi) is 6.31. The van der Waals surface area contributed by atoms with Crippen LogP contribution in [0.25, 0.3) is 0 Å². The van der Waals surface area contributed by atoms with Crippen molar-refractivity contribution in [2.24, 2.45) is 0 Å². The lowest BCUT2D eigenvalue weighted by molar-refractivity contribution is -0.113. The molecule has 0 aliphatic rings. The van der Waals surface area contributed by atoms with Crippen LogP contribution in [-0.4, -0.2) is 26.8 Å². The lowest BCUT2D eigenvalue weighted by atomic mass is 10.2. The summed E-state index contributed by atoms with van der Waals surface area (Å²) in [6.07, 6.45) is 0. The molecule has 1 heterocycles. The van der Waals surface area contributed by atoms with Crippen LogP contribution < -0.4 is 10.1 Å². The van der Waals surface area contributed by atoms with Gasteiger partial charge in [-0.05, 0) is 48.9 Å². The summed E-state index contributed by atoms with van der Waals surface area (Å²) in [7, 11) is 0. The summed E-state index contributed by atoms with van der Waals surface area (Å²) >= 11 is 7.15. The lowest BCUT2D eigenvalue weighted by Gasteiger charge is -2.05. The van der Waals surface area contributed by atoms with Crippen LogP contribution in [0.15, 0.2) is 47.6 Å². The van der Waals surface area contributed by atoms with Gasteiger partial charge in [-0.3, -0.25) is 9.89 Å². The van der Waals surface area contributed by atoms with Crippen molar-refractivity contribution >= 4 is 35.0 Å². The van der Waals surface area contributed by atoms with E-state index in [1.165, 1.54) is 30.0 Å². The first-order chi connectivity index (χ1) is 13.0. The second kappa shape index (κ2) is 8.88. The topological polar surface area (TPSA) is 79.9 Å². The number of aromatic amines is 1. The number of aromatic nitrogens is 3. The maximum absolute atomic E-state index is 13.1. The van der Waals surface area contributed by atoms with Crippen molar-refractivity contribution in [3.8, 4) is 5.75 Å². The third-order valence-electron chi connectivity index (χ3n) is 3.46. The molecule has 0 radical (unpaired) electrons. The molecule has 0 saturated carbocycles. The van der Waals surface area contributed by atoms with E-state index in [0.29, 0.717) is 27.4 Å². The zero-order valence-electron chi connectivity index (χ0n) is 14.3. The molecule has 0 saturated heterocycles. The predicted molar refractivity (Wildman–Crippen MR) is 103 cm³/mol. The van der Waals surface area contributed by atoms with Crippen molar-refractivity contribution in [3.05, 3.63) is 64.7 Å². The number of aryl methyl sites for hydroxylation is 1. The van der Waals surface area contributed by atoms with E-state index in [2.05, 4.69) is 20.5 Å². The average molecular weight is 407 g/mol. The van der Waals surface area contributed by atoms with Crippen LogP contribution in [0.5, 0.6) is 5.75 Å². The van der Waals surface area contributed by atoms with Gasteiger partial charge in [0.2, 0.25) is 11.1 Å². The summed E-state index contributed by atoms with van der Waals surface area (Å²) in [6.45, 7) is 2.11. The molecule has 1 amide bonds. The fourth-order valence-electron chi connectivity index (χ4n) is 2.16. The normalized spacial score (nSPS) is 10.6. The number of thioether (sulfide) groups is 1. The van der Waals surface area contributed by atoms with Crippen LogP contribution in [0, 0.1) is 12.7 Å². The van der Waals surface area contributed by atoms with E-state index < -0.39 is 5.82 Å². The first-order valence-corrected chi connectivity index (χ1v) is 9.34. The predicted octanol–water partition coefficient (Wildman–Crippen LogP) is 4.22. The van der Waals surface area contributed by atoms with E-state index in [1.54, 1.807) is 18.2 Å². The summed E-state index contributed by atoms with van der Waals surface area (Å²) < 4.78 is 18.7. The van der Waals surface area contributed by atoms with Crippen LogP contribution in [0.1, 0.15) is 11.4 Å². The number of amides is 1. The standard InChI is InChI=1S/C18H16ClFN4O2S/c1-11-7-14(5-6-15(11)19)26-9-16-22-18(24-23-16)27-10-17(25)21-13-4-2-3-12(20)8-13/h2-8H,9-10H2,1H3,(H,21,25)(H,22,23,24). The van der Waals surface area contributed by atoms with Crippen molar-refractivity contribution in [2.45, 2.75) is 18.7 Å². The van der Waals surface area contributed by atoms with Crippen molar-refractivity contribution in [1.29, 1.82) is 0 Å². The van der Waals surface area contributed by atoms with Gasteiger partial charge in [0.15, 0.2) is 5.82 Å². The van der Waals surface area contributed by atoms with Crippen molar-refractivity contribution in [2.75, 3.05) is 11.1 Å². The molecule has 0 spiro atoms. The van der Waals surface area contributed by atoms with E-state index in [9.17, 15) is 9.18 Å². The Morgan fingerprint density at radius 3 is 2.96 bits per heavy atom. The van der Waals surface area contributed by atoms with Crippen molar-refractivity contribution in [1.82, 2.24) is 15.2 Å². The summed E-state index contributed by atoms with van der Waals surface area (Å²) in [5.74, 6) is 0.637. The highest BCUT2D eigenvalue weighted by Gasteiger charge is 2.09. The Balaban J connectivity index is 1.47. The molecule has 0 atom stereocenters. The molecule has 0 bridgehead atoms. The quantitative estimate of drug-likeness (QED) is 0.574. The minimum absolute atomic E-state index is 0.102. The van der Waals surface area contributed by atoms with Gasteiger partial charge < -0.3 is 10.1 Å². The number of ether oxygens (including phenoxy) is 1. The number of hydrogen-bond acceptors (Lipinski definition) is 5. The van der Waals surface area contributed by atoms with Gasteiger partial charge >= 0.3 is 0 Å². The summed E-state index contributed by atoms with van der Waals surface area (Å²) in [5, 5.41) is 10.5. The minimum Gasteiger partial charge on any atom is -0.486 e. The van der Waals surface area contributed by atoms with Crippen LogP contribution in [0.2, 0.25) is 5.02 Å². The molecule has 3 aromatic rings. The van der Waals surface area contributed by atoms with Gasteiger partial charge in [0.1, 0.15) is 18.2 Å². The number of benzene rings is 2. The fourth-order valence-corrected chi connectivity index (χ4v) is 2.89. The number of rotatable bonds is 7. The van der Waals surface area contributed by atoms with Gasteiger partial charge in [-0.25, -0.2) is 9.37 Å². The first-order valence-electron chi connectivity index (χ1n) is 7.98. The van der Waals surface area contributed by atoms with Gasteiger partial charge in [0, 0.05) is 10.7 Å². The van der Waals surface area contributed by atoms with Gasteiger partial charge in [-0.2, -0.15) is 0 Å². The maximum Gasteiger partial charge on any atom is 0.234 e. The zero-order valence-corrected chi connectivity index (χ0v) is 15.9. The number of anilines is 1. The molecule has 27 heavy (non-hydrogen) atoms. The number of halogens is 2. The highest BCUT2D eigenvalue weighted by Crippen LogP contribution is 2.22. The SMILES string of the molecule is Cc1cc(OCc2nc(SCC(=O)Nc3cccc(F)c3)n[nH]2)ccc1Cl. The molecule has 6 nitrogen and oxygen atoms in total. The van der Waals surface area contributed by atoms with E-state index in [-0.39, 0.29) is 18.3 Å². The number of nitrogens with one attached hydrogen (secondary N) is 2. The van der Waals surface area contributed by atoms with E-state index in [1.807, 2.05) is 13.0 Å². The molecule has 9 heteroatoms. The van der Waals surface area contributed by atoms with Crippen molar-refractivity contribution in [3.63, 3.8) is 0 Å². The Labute approximate surface area is 164 Å². The number of nitrogens with zero attached hydrogens (tertiary/aromatic N) is 2. The number of carbonyl (C=O) groups excluding carboxylic acids is 1. The molecular weight excluding hydrogens is 391 g/mol. The van der Waals surface area contributed by atoms with Crippen LogP contribution >= 0.6 is 23.4 Å². The molecular formula is C18H16ClFN4O2S. The lowest BCUT2D eigenvalue weighted by Crippen LogP contribution is -2.14. The zero-order chi connectivity index (χ0) is 19.2. The van der Waals surface area contributed by atoms with E-state index in [0.717, 1.165) is 5.56 Å². The molecule has 140 valence electrons. The van der Waals surface area contributed by atoms with Crippen LogP contribution in [0.3, 0.4) is 0 Å². The molecule has 0 unspecified atom stereocenters. The van der Waals surface area contributed by atoms with E-state index >= 15 is 0 Å². The molecule has 0 aliphatic carbocycles. The molecule has 0 aliphatic heterocycles. The minimum atomic E-state index is -0.407. The van der Waals surface area contributed by atoms with E-state index in [4.69, 9.17) is 16.3 Å². The largest absolute Gasteiger partial charge is 0.486 e. The Morgan fingerprint density at radius 1 is 1.33 bits per heavy atom. The van der Waals surface area contributed by atoms with Gasteiger partial charge in [0.25, 0.3) is 0 Å². The summed E-state index contributed by atoms with van der Waals surface area (Å²) in [4.78, 5) is 16.2. The second-order valence-electron chi connectivity index (χ2n) is 5.61. The average Bonchev–Trinajstić information content (AvgIpc) is 3.09. The molecule has 2 aromatic carbocycles. The van der Waals surface area contributed by atoms with Crippen molar-refractivity contribution < 1.29 is 13.9 Å². The second-order valence-corrected chi connectivity index (χ2v) is 6.96. The smallest absolute Gasteiger partial charge is 0.234 e. The molecule has 1 aromatic heterocycles. The Hall–Kier alpha value is -2.58. The number of H-pyrrole nitrogens is 1. The fraction of sp³-hybridized carbons (Fsp3) is 0.167. The molecule has 3 rings (SSSR count). The monoisotopic (exact) mass is 406 g/mol. The molecule has 0 fully saturated rings. The van der Waals surface area contributed by atoms with Gasteiger partial charge in [-0.1, -0.05) is 29.4 Å². The highest BCUT2D eigenvalue weighted by molar-refractivity contribution is 7.99. The molecule has 2 N–H and O–H groups in total. The maximum atomic E-state index is 13.1. The van der Waals surface area contributed by atoms with Gasteiger partial charge in [0.05, 0.1) is 5.75 Å². The van der Waals surface area contributed by atoms with Crippen LogP contribution in [-0.2, 0) is 11.4 Å². The summed E-state index contributed by atoms with van der Waals surface area (Å²) in [5.41, 5.74) is 1.33. The third-order valence-corrected chi connectivity index (χ3v) is 4.73. The summed E-state index contributed by atoms with van der Waals surface area (Å²) in [6, 6.07) is 11.1. The highest BCUT2D eigenvalue weighted by atomic mass is 35.5. The van der Waals surface area contributed by atoms with Gasteiger partial charge in [-0.15, -0.1) is 5.10 Å². The number of hydrogen-bond donors (Lipinski definition) is 2. The van der Waals surface area contributed by atoms with Crippen LogP contribution in [0.4, 0.5) is 10.1 Å². The third kappa shape index (κ3) is 5.70. The Bertz CT molecular complexity index is 951. The number of carbonyl (C=O) groups is 1.